The molecule has 0 unspecified atom stereocenters. The number of aromatic nitrogens is 3. The zero-order valence-corrected chi connectivity index (χ0v) is 10.4. The molecule has 1 rings (SSSR count). The van der Waals surface area contributed by atoms with Crippen LogP contribution in [0.4, 0.5) is 18.0 Å². The van der Waals surface area contributed by atoms with Gasteiger partial charge in [-0.15, -0.1) is 5.10 Å². The maximum absolute atomic E-state index is 12.3. The molecule has 106 valence electrons. The number of hydrogen-bond acceptors (Lipinski definition) is 5. The van der Waals surface area contributed by atoms with Gasteiger partial charge in [-0.1, -0.05) is 5.16 Å². The minimum atomic E-state index is -4.61. The molecule has 1 N–H and O–H groups in total. The van der Waals surface area contributed by atoms with Crippen LogP contribution in [-0.2, 0) is 16.6 Å². The Morgan fingerprint density at radius 3 is 2.63 bits per heavy atom. The van der Waals surface area contributed by atoms with Gasteiger partial charge < -0.3 is 5.32 Å². The van der Waals surface area contributed by atoms with Crippen molar-refractivity contribution in [2.75, 3.05) is 7.05 Å². The van der Waals surface area contributed by atoms with E-state index in [0.29, 0.717) is 0 Å². The Labute approximate surface area is 106 Å². The topological polar surface area (TPSA) is 81.4 Å². The lowest BCUT2D eigenvalue weighted by Crippen LogP contribution is -2.29. The number of nitrogens with one attached hydrogen (secondary N) is 1. The average molecular weight is 279 g/mol. The van der Waals surface area contributed by atoms with Crippen molar-refractivity contribution in [2.45, 2.75) is 25.6 Å². The Morgan fingerprint density at radius 2 is 2.16 bits per heavy atom. The molecule has 0 aliphatic rings. The van der Waals surface area contributed by atoms with Crippen LogP contribution >= 0.6 is 0 Å². The summed E-state index contributed by atoms with van der Waals surface area (Å²) >= 11 is 0. The molecule has 1 heterocycles. The second-order valence-corrected chi connectivity index (χ2v) is 4.03. The van der Waals surface area contributed by atoms with Gasteiger partial charge in [-0.3, -0.25) is 4.84 Å². The van der Waals surface area contributed by atoms with Gasteiger partial charge in [0.1, 0.15) is 6.33 Å². The van der Waals surface area contributed by atoms with E-state index in [1.807, 2.05) is 0 Å². The van der Waals surface area contributed by atoms with E-state index in [2.05, 4.69) is 25.4 Å². The van der Waals surface area contributed by atoms with Crippen LogP contribution in [0.25, 0.3) is 0 Å². The van der Waals surface area contributed by atoms with Crippen LogP contribution in [0.15, 0.2) is 11.5 Å². The number of carbonyl (C=O) groups excluding carboxylic acids is 1. The minimum absolute atomic E-state index is 0.790. The number of amides is 1. The summed E-state index contributed by atoms with van der Waals surface area (Å²) in [5, 5.41) is 8.82. The molecule has 0 spiro atoms. The molecule has 10 heteroatoms. The molecule has 0 aliphatic heterocycles. The summed E-state index contributed by atoms with van der Waals surface area (Å²) in [4.78, 5) is 18.3. The van der Waals surface area contributed by atoms with Crippen molar-refractivity contribution in [3.63, 3.8) is 0 Å². The second kappa shape index (κ2) is 5.24. The first-order valence-electron chi connectivity index (χ1n) is 5.09. The number of oxime groups is 1. The monoisotopic (exact) mass is 279 g/mol. The molecule has 0 atom stereocenters. The number of alkyl halides is 3. The molecule has 0 aliphatic carbocycles. The van der Waals surface area contributed by atoms with Gasteiger partial charge in [0.15, 0.2) is 0 Å². The molecule has 0 saturated heterocycles. The fraction of sp³-hybridized carbons (Fsp3) is 0.556. The highest BCUT2D eigenvalue weighted by atomic mass is 19.4. The molecule has 7 nitrogen and oxygen atoms in total. The van der Waals surface area contributed by atoms with Gasteiger partial charge in [0, 0.05) is 7.05 Å². The third kappa shape index (κ3) is 3.93. The van der Waals surface area contributed by atoms with Crippen LogP contribution < -0.4 is 5.32 Å². The lowest BCUT2D eigenvalue weighted by molar-refractivity contribution is -0.145. The molecule has 1 aromatic rings. The lowest BCUT2D eigenvalue weighted by atomic mass is 10.1. The Balaban J connectivity index is 2.82. The van der Waals surface area contributed by atoms with E-state index >= 15 is 0 Å². The zero-order valence-electron chi connectivity index (χ0n) is 10.4. The highest BCUT2D eigenvalue weighted by Gasteiger charge is 2.37. The first-order valence-corrected chi connectivity index (χ1v) is 5.09. The molecular formula is C9H12F3N5O2. The number of nitrogens with zero attached hydrogens (tertiary/aromatic N) is 4. The Morgan fingerprint density at radius 1 is 1.53 bits per heavy atom. The van der Waals surface area contributed by atoms with E-state index in [-0.39, 0.29) is 0 Å². The highest BCUT2D eigenvalue weighted by Crippen LogP contribution is 2.26. The smallest absolute Gasteiger partial charge is 0.323 e. The van der Waals surface area contributed by atoms with E-state index in [1.165, 1.54) is 20.9 Å². The van der Waals surface area contributed by atoms with Crippen molar-refractivity contribution in [3.05, 3.63) is 12.2 Å². The number of rotatable bonds is 3. The maximum atomic E-state index is 12.3. The molecule has 19 heavy (non-hydrogen) atoms. The maximum Gasteiger partial charge on any atom is 0.453 e. The third-order valence-electron chi connectivity index (χ3n) is 2.04. The Bertz CT molecular complexity index is 480. The molecule has 1 aromatic heterocycles. The van der Waals surface area contributed by atoms with Gasteiger partial charge in [0.05, 0.1) is 11.8 Å². The van der Waals surface area contributed by atoms with E-state index in [0.717, 1.165) is 17.2 Å². The summed E-state index contributed by atoms with van der Waals surface area (Å²) in [6.07, 6.45) is -3.34. The van der Waals surface area contributed by atoms with Gasteiger partial charge in [-0.2, -0.15) is 13.2 Å². The predicted octanol–water partition coefficient (Wildman–Crippen LogP) is 1.37. The number of hydrogen-bond donors (Lipinski definition) is 1. The van der Waals surface area contributed by atoms with Gasteiger partial charge in [-0.25, -0.2) is 14.5 Å². The van der Waals surface area contributed by atoms with Crippen LogP contribution in [0.3, 0.4) is 0 Å². The summed E-state index contributed by atoms with van der Waals surface area (Å²) in [6, 6.07) is 0. The molecule has 0 saturated carbocycles. The number of carbonyl (C=O) groups is 1. The van der Waals surface area contributed by atoms with Crippen LogP contribution in [0, 0.1) is 0 Å². The summed E-state index contributed by atoms with van der Waals surface area (Å²) in [5.41, 5.74) is -1.04. The normalized spacial score (nSPS) is 12.7. The van der Waals surface area contributed by atoms with Crippen LogP contribution in [0.2, 0.25) is 0 Å². The van der Waals surface area contributed by atoms with Crippen LogP contribution in [0.1, 0.15) is 19.7 Å². The van der Waals surface area contributed by atoms with E-state index in [9.17, 15) is 18.0 Å². The largest absolute Gasteiger partial charge is 0.453 e. The van der Waals surface area contributed by atoms with Gasteiger partial charge in [-0.05, 0) is 13.8 Å². The van der Waals surface area contributed by atoms with Gasteiger partial charge in [0.25, 0.3) is 5.82 Å². The van der Waals surface area contributed by atoms with Gasteiger partial charge in [0.2, 0.25) is 0 Å². The van der Waals surface area contributed by atoms with E-state index in [1.54, 1.807) is 0 Å². The van der Waals surface area contributed by atoms with Crippen molar-refractivity contribution in [2.24, 2.45) is 5.16 Å². The summed E-state index contributed by atoms with van der Waals surface area (Å²) in [5.74, 6) is -1.25. The second-order valence-electron chi connectivity index (χ2n) is 4.03. The molecule has 0 fully saturated rings. The van der Waals surface area contributed by atoms with E-state index in [4.69, 9.17) is 0 Å². The zero-order chi connectivity index (χ0) is 14.7. The van der Waals surface area contributed by atoms with Crippen molar-refractivity contribution < 1.29 is 22.8 Å². The molecular weight excluding hydrogens is 267 g/mol. The Kier molecular flexibility index (Phi) is 4.12. The van der Waals surface area contributed by atoms with Crippen molar-refractivity contribution >= 4 is 12.3 Å². The Hall–Kier alpha value is -2.13. The summed E-state index contributed by atoms with van der Waals surface area (Å²) in [6.45, 7) is 3.05. The molecule has 1 amide bonds. The predicted molar refractivity (Wildman–Crippen MR) is 58.4 cm³/mol. The van der Waals surface area contributed by atoms with Crippen molar-refractivity contribution in [1.82, 2.24) is 20.1 Å². The SMILES string of the molecule is CNC(=O)ON=CC(C)(C)n1cnc(C(F)(F)F)n1. The highest BCUT2D eigenvalue weighted by molar-refractivity contribution is 5.70. The van der Waals surface area contributed by atoms with Crippen LogP contribution in [0.5, 0.6) is 0 Å². The van der Waals surface area contributed by atoms with Crippen molar-refractivity contribution in [3.8, 4) is 0 Å². The molecule has 0 radical (unpaired) electrons. The minimum Gasteiger partial charge on any atom is -0.323 e. The molecule has 0 bridgehead atoms. The third-order valence-corrected chi connectivity index (χ3v) is 2.04. The van der Waals surface area contributed by atoms with Crippen LogP contribution in [-0.4, -0.2) is 34.1 Å². The summed E-state index contributed by atoms with van der Waals surface area (Å²) < 4.78 is 38.0. The van der Waals surface area contributed by atoms with Crippen molar-refractivity contribution in [1.29, 1.82) is 0 Å². The summed E-state index contributed by atoms with van der Waals surface area (Å²) in [7, 11) is 1.34. The lowest BCUT2D eigenvalue weighted by Gasteiger charge is -2.18. The fourth-order valence-corrected chi connectivity index (χ4v) is 0.979. The van der Waals surface area contributed by atoms with E-state index < -0.39 is 23.6 Å². The average Bonchev–Trinajstić information content (AvgIpc) is 2.78. The van der Waals surface area contributed by atoms with Gasteiger partial charge >= 0.3 is 12.3 Å². The fourth-order valence-electron chi connectivity index (χ4n) is 0.979. The first kappa shape index (κ1) is 14.9. The first-order chi connectivity index (χ1) is 8.66. The standard InChI is InChI=1S/C9H12F3N5O2/c1-8(2,4-15-19-7(18)13-3)17-5-14-6(16-17)9(10,11)12/h4-5H,1-3H3,(H,13,18). The number of halogens is 3. The quantitative estimate of drug-likeness (QED) is 0.515. The molecule has 0 aromatic carbocycles.